The van der Waals surface area contributed by atoms with Gasteiger partial charge in [0.15, 0.2) is 12.4 Å². The number of carbonyl (C=O) groups is 1. The highest BCUT2D eigenvalue weighted by molar-refractivity contribution is 5.90. The van der Waals surface area contributed by atoms with E-state index in [1.165, 1.54) is 7.11 Å². The molecule has 0 aliphatic carbocycles. The lowest BCUT2D eigenvalue weighted by Gasteiger charge is -2.08. The van der Waals surface area contributed by atoms with Gasteiger partial charge in [-0.25, -0.2) is 4.79 Å². The molecule has 2 aromatic rings. The van der Waals surface area contributed by atoms with Gasteiger partial charge >= 0.3 is 5.97 Å². The summed E-state index contributed by atoms with van der Waals surface area (Å²) >= 11 is 0. The van der Waals surface area contributed by atoms with Crippen molar-refractivity contribution >= 4 is 11.7 Å². The number of hydrogen-bond acceptors (Lipinski definition) is 6. The topological polar surface area (TPSA) is 92.3 Å². The Hall–Kier alpha value is -2.57. The lowest BCUT2D eigenvalue weighted by molar-refractivity contribution is 0.0458. The molecule has 106 valence electrons. The molecule has 0 radical (unpaired) electrons. The van der Waals surface area contributed by atoms with E-state index in [2.05, 4.69) is 10.2 Å². The van der Waals surface area contributed by atoms with Crippen LogP contribution in [0.2, 0.25) is 0 Å². The summed E-state index contributed by atoms with van der Waals surface area (Å²) in [6.07, 6.45) is 0. The van der Waals surface area contributed by atoms with Crippen LogP contribution in [0.25, 0.3) is 0 Å². The molecule has 1 aromatic carbocycles. The van der Waals surface area contributed by atoms with Crippen LogP contribution in [0.4, 0.5) is 5.69 Å². The Labute approximate surface area is 116 Å². The van der Waals surface area contributed by atoms with Crippen LogP contribution in [0, 0.1) is 6.92 Å². The van der Waals surface area contributed by atoms with Crippen molar-refractivity contribution in [3.05, 3.63) is 35.4 Å². The average Bonchev–Trinajstić information content (AvgIpc) is 2.76. The first-order valence-electron chi connectivity index (χ1n) is 5.98. The summed E-state index contributed by atoms with van der Waals surface area (Å²) in [6, 6.07) is 4.73. The number of benzene rings is 1. The maximum absolute atomic E-state index is 11.9. The van der Waals surface area contributed by atoms with Crippen LogP contribution in [-0.4, -0.2) is 27.8 Å². The van der Waals surface area contributed by atoms with Crippen LogP contribution in [0.15, 0.2) is 18.2 Å². The van der Waals surface area contributed by atoms with Gasteiger partial charge in [0, 0.05) is 7.05 Å². The van der Waals surface area contributed by atoms with Crippen molar-refractivity contribution in [1.29, 1.82) is 0 Å². The van der Waals surface area contributed by atoms with E-state index in [1.807, 2.05) is 14.0 Å². The molecule has 0 bridgehead atoms. The standard InChI is InChI=1S/C13H16N4O3/c1-8-15-16-12(17(8)2)7-20-13(18)9-4-5-10(14)11(6-9)19-3/h4-6H,7,14H2,1-3H3. The molecular formula is C13H16N4O3. The second-order valence-electron chi connectivity index (χ2n) is 4.26. The monoisotopic (exact) mass is 276 g/mol. The normalized spacial score (nSPS) is 10.3. The third-order valence-electron chi connectivity index (χ3n) is 2.98. The molecule has 0 unspecified atom stereocenters. The number of aryl methyl sites for hydroxylation is 1. The smallest absolute Gasteiger partial charge is 0.338 e. The molecule has 20 heavy (non-hydrogen) atoms. The Morgan fingerprint density at radius 1 is 1.40 bits per heavy atom. The Bertz CT molecular complexity index is 637. The first-order valence-corrected chi connectivity index (χ1v) is 5.98. The molecule has 1 heterocycles. The molecule has 2 N–H and O–H groups in total. The van der Waals surface area contributed by atoms with E-state index in [-0.39, 0.29) is 6.61 Å². The quantitative estimate of drug-likeness (QED) is 0.663. The number of anilines is 1. The molecule has 0 amide bonds. The second-order valence-corrected chi connectivity index (χ2v) is 4.26. The molecule has 0 aliphatic rings. The van der Waals surface area contributed by atoms with Crippen LogP contribution in [0.3, 0.4) is 0 Å². The van der Waals surface area contributed by atoms with Crippen molar-refractivity contribution in [2.45, 2.75) is 13.5 Å². The molecule has 7 nitrogen and oxygen atoms in total. The number of hydrogen-bond donors (Lipinski definition) is 1. The molecular weight excluding hydrogens is 260 g/mol. The van der Waals surface area contributed by atoms with E-state index in [1.54, 1.807) is 22.8 Å². The van der Waals surface area contributed by atoms with Gasteiger partial charge in [0.1, 0.15) is 11.6 Å². The third-order valence-corrected chi connectivity index (χ3v) is 2.98. The lowest BCUT2D eigenvalue weighted by atomic mass is 10.2. The molecule has 7 heteroatoms. The summed E-state index contributed by atoms with van der Waals surface area (Å²) in [4.78, 5) is 11.9. The van der Waals surface area contributed by atoms with Crippen molar-refractivity contribution in [3.8, 4) is 5.75 Å². The summed E-state index contributed by atoms with van der Waals surface area (Å²) in [6.45, 7) is 1.88. The van der Waals surface area contributed by atoms with E-state index >= 15 is 0 Å². The number of nitrogen functional groups attached to an aromatic ring is 1. The van der Waals surface area contributed by atoms with Gasteiger partial charge in [-0.1, -0.05) is 0 Å². The van der Waals surface area contributed by atoms with Gasteiger partial charge in [0.2, 0.25) is 0 Å². The fourth-order valence-electron chi connectivity index (χ4n) is 1.63. The van der Waals surface area contributed by atoms with E-state index in [4.69, 9.17) is 15.2 Å². The number of methoxy groups -OCH3 is 1. The number of carbonyl (C=O) groups excluding carboxylic acids is 1. The highest BCUT2D eigenvalue weighted by Crippen LogP contribution is 2.22. The molecule has 2 rings (SSSR count). The molecule has 0 saturated heterocycles. The van der Waals surface area contributed by atoms with Crippen LogP contribution in [-0.2, 0) is 18.4 Å². The van der Waals surface area contributed by atoms with Crippen LogP contribution in [0.1, 0.15) is 22.0 Å². The Balaban J connectivity index is 2.07. The van der Waals surface area contributed by atoms with Crippen molar-refractivity contribution < 1.29 is 14.3 Å². The maximum Gasteiger partial charge on any atom is 0.338 e. The SMILES string of the molecule is COc1cc(C(=O)OCc2nnc(C)n2C)ccc1N. The number of rotatable bonds is 4. The zero-order valence-corrected chi connectivity index (χ0v) is 11.6. The first-order chi connectivity index (χ1) is 9.52. The highest BCUT2D eigenvalue weighted by Gasteiger charge is 2.12. The Kier molecular flexibility index (Phi) is 3.88. The Morgan fingerprint density at radius 3 is 2.75 bits per heavy atom. The number of nitrogens with two attached hydrogens (primary N) is 1. The van der Waals surface area contributed by atoms with Gasteiger partial charge in [-0.15, -0.1) is 10.2 Å². The number of ether oxygens (including phenoxy) is 2. The fraction of sp³-hybridized carbons (Fsp3) is 0.308. The van der Waals surface area contributed by atoms with Gasteiger partial charge in [-0.2, -0.15) is 0 Å². The highest BCUT2D eigenvalue weighted by atomic mass is 16.5. The molecule has 0 atom stereocenters. The number of esters is 1. The van der Waals surface area contributed by atoms with Crippen LogP contribution < -0.4 is 10.5 Å². The van der Waals surface area contributed by atoms with Crippen molar-refractivity contribution in [2.75, 3.05) is 12.8 Å². The number of aromatic nitrogens is 3. The van der Waals surface area contributed by atoms with Crippen molar-refractivity contribution in [3.63, 3.8) is 0 Å². The zero-order chi connectivity index (χ0) is 14.7. The van der Waals surface area contributed by atoms with E-state index in [9.17, 15) is 4.79 Å². The molecule has 1 aromatic heterocycles. The summed E-state index contributed by atoms with van der Waals surface area (Å²) in [5.41, 5.74) is 6.53. The molecule has 0 fully saturated rings. The van der Waals surface area contributed by atoms with Crippen molar-refractivity contribution in [2.24, 2.45) is 7.05 Å². The van der Waals surface area contributed by atoms with E-state index < -0.39 is 5.97 Å². The van der Waals surface area contributed by atoms with Gasteiger partial charge in [-0.3, -0.25) is 0 Å². The lowest BCUT2D eigenvalue weighted by Crippen LogP contribution is -2.09. The van der Waals surface area contributed by atoms with Crippen molar-refractivity contribution in [1.82, 2.24) is 14.8 Å². The van der Waals surface area contributed by atoms with Gasteiger partial charge in [0.05, 0.1) is 18.4 Å². The molecule has 0 saturated carbocycles. The third kappa shape index (κ3) is 2.71. The van der Waals surface area contributed by atoms with Gasteiger partial charge in [0.25, 0.3) is 0 Å². The summed E-state index contributed by atoms with van der Waals surface area (Å²) in [5.74, 6) is 1.31. The maximum atomic E-state index is 11.9. The zero-order valence-electron chi connectivity index (χ0n) is 11.6. The van der Waals surface area contributed by atoms with Gasteiger partial charge in [-0.05, 0) is 25.1 Å². The molecule has 0 spiro atoms. The van der Waals surface area contributed by atoms with Crippen LogP contribution in [0.5, 0.6) is 5.75 Å². The number of nitrogens with zero attached hydrogens (tertiary/aromatic N) is 3. The van der Waals surface area contributed by atoms with Gasteiger partial charge < -0.3 is 19.8 Å². The first kappa shape index (κ1) is 13.9. The Morgan fingerprint density at radius 2 is 2.15 bits per heavy atom. The van der Waals surface area contributed by atoms with Crippen LogP contribution >= 0.6 is 0 Å². The molecule has 0 aliphatic heterocycles. The largest absolute Gasteiger partial charge is 0.495 e. The minimum Gasteiger partial charge on any atom is -0.495 e. The predicted molar refractivity (Wildman–Crippen MR) is 72.3 cm³/mol. The second kappa shape index (κ2) is 5.60. The minimum absolute atomic E-state index is 0.0584. The minimum atomic E-state index is -0.469. The van der Waals surface area contributed by atoms with E-state index in [0.29, 0.717) is 22.8 Å². The summed E-state index contributed by atoms with van der Waals surface area (Å²) < 4.78 is 12.0. The average molecular weight is 276 g/mol. The summed E-state index contributed by atoms with van der Waals surface area (Å²) in [7, 11) is 3.30. The van der Waals surface area contributed by atoms with E-state index in [0.717, 1.165) is 5.82 Å². The predicted octanol–water partition coefficient (Wildman–Crippen LogP) is 1.07. The summed E-state index contributed by atoms with van der Waals surface area (Å²) in [5, 5.41) is 7.81. The fourth-order valence-corrected chi connectivity index (χ4v) is 1.63.